The third-order valence-electron chi connectivity index (χ3n) is 5.04. The lowest BCUT2D eigenvalue weighted by Gasteiger charge is -2.17. The predicted octanol–water partition coefficient (Wildman–Crippen LogP) is 2.68. The smallest absolute Gasteiger partial charge is 0.220 e. The fraction of sp³-hybridized carbons (Fsp3) is 0.500. The van der Waals surface area contributed by atoms with E-state index in [1.807, 2.05) is 12.4 Å². The number of likely N-dealkylation sites (tertiary alicyclic amines) is 1. The highest BCUT2D eigenvalue weighted by Gasteiger charge is 2.23. The molecule has 5 heteroatoms. The highest BCUT2D eigenvalue weighted by molar-refractivity contribution is 5.75. The van der Waals surface area contributed by atoms with Crippen LogP contribution in [0.4, 0.5) is 0 Å². The summed E-state index contributed by atoms with van der Waals surface area (Å²) in [5.74, 6) is 0.739. The molecule has 0 saturated carbocycles. The third-order valence-corrected chi connectivity index (χ3v) is 5.04. The zero-order valence-electron chi connectivity index (χ0n) is 15.0. The van der Waals surface area contributed by atoms with E-state index in [0.29, 0.717) is 12.3 Å². The molecule has 0 unspecified atom stereocenters. The summed E-state index contributed by atoms with van der Waals surface area (Å²) in [6, 6.07) is 8.59. The minimum Gasteiger partial charge on any atom is -0.356 e. The van der Waals surface area contributed by atoms with Crippen LogP contribution in [0, 0.1) is 12.8 Å². The lowest BCUT2D eigenvalue weighted by atomic mass is 10.1. The molecule has 2 N–H and O–H groups in total. The molecule has 1 aromatic carbocycles. The summed E-state index contributed by atoms with van der Waals surface area (Å²) in [6.45, 7) is 6.18. The molecule has 25 heavy (non-hydrogen) atoms. The Bertz CT molecular complexity index is 668. The molecule has 1 atom stereocenters. The van der Waals surface area contributed by atoms with Gasteiger partial charge in [0, 0.05) is 32.3 Å². The van der Waals surface area contributed by atoms with E-state index in [0.717, 1.165) is 44.6 Å². The first-order valence-corrected chi connectivity index (χ1v) is 9.22. The van der Waals surface area contributed by atoms with Crippen molar-refractivity contribution in [1.82, 2.24) is 20.4 Å². The molecule has 0 spiro atoms. The van der Waals surface area contributed by atoms with Gasteiger partial charge in [0.05, 0.1) is 6.20 Å². The zero-order chi connectivity index (χ0) is 17.5. The van der Waals surface area contributed by atoms with E-state index < -0.39 is 0 Å². The number of aromatic amines is 1. The molecule has 0 bridgehead atoms. The molecule has 0 aliphatic carbocycles. The Morgan fingerprint density at radius 3 is 3.08 bits per heavy atom. The van der Waals surface area contributed by atoms with Gasteiger partial charge in [-0.15, -0.1) is 0 Å². The summed E-state index contributed by atoms with van der Waals surface area (Å²) in [4.78, 5) is 14.5. The molecule has 3 rings (SSSR count). The molecule has 1 amide bonds. The van der Waals surface area contributed by atoms with Crippen molar-refractivity contribution in [3.63, 3.8) is 0 Å². The molecule has 5 nitrogen and oxygen atoms in total. The summed E-state index contributed by atoms with van der Waals surface area (Å²) in [5.41, 5.74) is 3.93. The van der Waals surface area contributed by atoms with E-state index in [1.54, 1.807) is 0 Å². The molecule has 1 aliphatic heterocycles. The first kappa shape index (κ1) is 17.7. The van der Waals surface area contributed by atoms with Crippen molar-refractivity contribution < 1.29 is 4.79 Å². The van der Waals surface area contributed by atoms with Crippen molar-refractivity contribution in [2.75, 3.05) is 19.6 Å². The number of aryl methyl sites for hydroxylation is 2. The summed E-state index contributed by atoms with van der Waals surface area (Å²) in [7, 11) is 0. The largest absolute Gasteiger partial charge is 0.356 e. The maximum absolute atomic E-state index is 12.0. The van der Waals surface area contributed by atoms with Gasteiger partial charge in [-0.1, -0.05) is 24.3 Å². The first-order valence-electron chi connectivity index (χ1n) is 9.22. The van der Waals surface area contributed by atoms with Crippen LogP contribution in [0.1, 0.15) is 36.0 Å². The van der Waals surface area contributed by atoms with Gasteiger partial charge in [-0.3, -0.25) is 14.8 Å². The molecule has 1 saturated heterocycles. The molecular formula is C20H28N4O. The Hall–Kier alpha value is -2.14. The van der Waals surface area contributed by atoms with Crippen LogP contribution in [0.25, 0.3) is 0 Å². The quantitative estimate of drug-likeness (QED) is 0.777. The summed E-state index contributed by atoms with van der Waals surface area (Å²) in [5, 5.41) is 9.83. The number of hydrogen-bond acceptors (Lipinski definition) is 3. The van der Waals surface area contributed by atoms with Crippen LogP contribution in [0.3, 0.4) is 0 Å². The maximum Gasteiger partial charge on any atom is 0.220 e. The molecule has 0 radical (unpaired) electrons. The molecule has 1 aliphatic rings. The number of hydrogen-bond donors (Lipinski definition) is 2. The zero-order valence-corrected chi connectivity index (χ0v) is 15.0. The average Bonchev–Trinajstić information content (AvgIpc) is 3.27. The van der Waals surface area contributed by atoms with Crippen molar-refractivity contribution in [2.45, 2.75) is 39.2 Å². The van der Waals surface area contributed by atoms with Crippen molar-refractivity contribution in [3.8, 4) is 0 Å². The topological polar surface area (TPSA) is 61.0 Å². The van der Waals surface area contributed by atoms with Gasteiger partial charge in [-0.05, 0) is 55.3 Å². The van der Waals surface area contributed by atoms with Gasteiger partial charge in [-0.25, -0.2) is 0 Å². The summed E-state index contributed by atoms with van der Waals surface area (Å²) in [6.07, 6.45) is 7.23. The number of amides is 1. The number of nitrogens with one attached hydrogen (secondary N) is 2. The molecular weight excluding hydrogens is 312 g/mol. The van der Waals surface area contributed by atoms with Crippen molar-refractivity contribution in [2.24, 2.45) is 5.92 Å². The number of aromatic nitrogens is 2. The third kappa shape index (κ3) is 5.43. The van der Waals surface area contributed by atoms with E-state index in [9.17, 15) is 4.79 Å². The van der Waals surface area contributed by atoms with Crippen LogP contribution < -0.4 is 5.32 Å². The van der Waals surface area contributed by atoms with Gasteiger partial charge in [0.1, 0.15) is 0 Å². The molecule has 1 fully saturated rings. The Morgan fingerprint density at radius 1 is 1.40 bits per heavy atom. The van der Waals surface area contributed by atoms with E-state index in [2.05, 4.69) is 51.6 Å². The lowest BCUT2D eigenvalue weighted by Crippen LogP contribution is -2.30. The van der Waals surface area contributed by atoms with Crippen molar-refractivity contribution in [3.05, 3.63) is 53.3 Å². The van der Waals surface area contributed by atoms with Crippen LogP contribution in [0.15, 0.2) is 36.7 Å². The molecule has 2 aromatic rings. The fourth-order valence-corrected chi connectivity index (χ4v) is 3.47. The Balaban J connectivity index is 1.33. The number of H-pyrrole nitrogens is 1. The monoisotopic (exact) mass is 340 g/mol. The molecule has 2 heterocycles. The maximum atomic E-state index is 12.0. The van der Waals surface area contributed by atoms with Crippen LogP contribution >= 0.6 is 0 Å². The van der Waals surface area contributed by atoms with E-state index in [1.165, 1.54) is 17.5 Å². The summed E-state index contributed by atoms with van der Waals surface area (Å²) < 4.78 is 0. The lowest BCUT2D eigenvalue weighted by molar-refractivity contribution is -0.121. The van der Waals surface area contributed by atoms with Crippen LogP contribution in [0.5, 0.6) is 0 Å². The number of carbonyl (C=O) groups excluding carboxylic acids is 1. The molecule has 1 aromatic heterocycles. The van der Waals surface area contributed by atoms with Gasteiger partial charge >= 0.3 is 0 Å². The molecule has 134 valence electrons. The fourth-order valence-electron chi connectivity index (χ4n) is 3.47. The minimum absolute atomic E-state index is 0.167. The number of benzene rings is 1. The van der Waals surface area contributed by atoms with Gasteiger partial charge in [0.15, 0.2) is 0 Å². The number of nitrogens with zero attached hydrogens (tertiary/aromatic N) is 2. The average molecular weight is 340 g/mol. The standard InChI is InChI=1S/C20H28N4O/c1-16-5-2-3-7-19(16)15-24-10-9-18(14-24)11-21-20(25)8-4-6-17-12-22-23-13-17/h2-3,5,7,12-13,18H,4,6,8-11,14-15H2,1H3,(H,21,25)(H,22,23)/t18-/m1/s1. The number of carbonyl (C=O) groups is 1. The first-order chi connectivity index (χ1) is 12.2. The van der Waals surface area contributed by atoms with Crippen LogP contribution in [-0.4, -0.2) is 40.6 Å². The predicted molar refractivity (Wildman–Crippen MR) is 99.1 cm³/mol. The normalized spacial score (nSPS) is 17.7. The number of rotatable bonds is 8. The van der Waals surface area contributed by atoms with Gasteiger partial charge in [0.2, 0.25) is 5.91 Å². The van der Waals surface area contributed by atoms with Crippen molar-refractivity contribution in [1.29, 1.82) is 0 Å². The SMILES string of the molecule is Cc1ccccc1CN1CC[C@H](CNC(=O)CCCc2cn[nH]c2)C1. The van der Waals surface area contributed by atoms with Crippen molar-refractivity contribution >= 4 is 5.91 Å². The van der Waals surface area contributed by atoms with E-state index in [4.69, 9.17) is 0 Å². The second-order valence-electron chi connectivity index (χ2n) is 7.08. The highest BCUT2D eigenvalue weighted by Crippen LogP contribution is 2.19. The Kier molecular flexibility index (Phi) is 6.23. The summed E-state index contributed by atoms with van der Waals surface area (Å²) >= 11 is 0. The highest BCUT2D eigenvalue weighted by atomic mass is 16.1. The van der Waals surface area contributed by atoms with Gasteiger partial charge < -0.3 is 5.32 Å². The second kappa shape index (κ2) is 8.81. The van der Waals surface area contributed by atoms with E-state index in [-0.39, 0.29) is 5.91 Å². The van der Waals surface area contributed by atoms with E-state index >= 15 is 0 Å². The Morgan fingerprint density at radius 2 is 2.28 bits per heavy atom. The minimum atomic E-state index is 0.167. The van der Waals surface area contributed by atoms with Crippen LogP contribution in [-0.2, 0) is 17.8 Å². The van der Waals surface area contributed by atoms with Crippen LogP contribution in [0.2, 0.25) is 0 Å². The second-order valence-corrected chi connectivity index (χ2v) is 7.08. The van der Waals surface area contributed by atoms with Gasteiger partial charge in [-0.2, -0.15) is 5.10 Å². The van der Waals surface area contributed by atoms with Gasteiger partial charge in [0.25, 0.3) is 0 Å². The Labute approximate surface area is 149 Å².